The summed E-state index contributed by atoms with van der Waals surface area (Å²) in [7, 11) is 4.62. The van der Waals surface area contributed by atoms with Crippen molar-refractivity contribution in [1.82, 2.24) is 15.0 Å². The summed E-state index contributed by atoms with van der Waals surface area (Å²) in [5.41, 5.74) is 2.50. The Morgan fingerprint density at radius 2 is 1.87 bits per heavy atom. The van der Waals surface area contributed by atoms with Crippen LogP contribution in [0, 0.1) is 0 Å². The molecule has 1 fully saturated rings. The highest BCUT2D eigenvalue weighted by molar-refractivity contribution is 5.28. The van der Waals surface area contributed by atoms with Crippen LogP contribution in [0.5, 0.6) is 0 Å². The molecule has 0 radical (unpaired) electrons. The fourth-order valence-electron chi connectivity index (χ4n) is 3.71. The predicted octanol–water partition coefficient (Wildman–Crippen LogP) is 0.178. The van der Waals surface area contributed by atoms with E-state index >= 15 is 0 Å². The number of nitrogens with one attached hydrogen (secondary N) is 1. The number of nitrogens with two attached hydrogens (primary N) is 1. The highest BCUT2D eigenvalue weighted by Gasteiger charge is 2.39. The lowest BCUT2D eigenvalue weighted by Crippen LogP contribution is -3.19. The van der Waals surface area contributed by atoms with E-state index in [2.05, 4.69) is 29.6 Å². The second-order valence-electron chi connectivity index (χ2n) is 7.00. The van der Waals surface area contributed by atoms with Crippen LogP contribution in [0.3, 0.4) is 0 Å². The van der Waals surface area contributed by atoms with Crippen LogP contribution in [-0.2, 0) is 6.54 Å². The van der Waals surface area contributed by atoms with Crippen LogP contribution in [0.15, 0.2) is 36.5 Å². The van der Waals surface area contributed by atoms with Gasteiger partial charge in [-0.2, -0.15) is 9.90 Å². The number of hydrogen-bond donors (Lipinski definition) is 2. The third-order valence-corrected chi connectivity index (χ3v) is 5.29. The summed E-state index contributed by atoms with van der Waals surface area (Å²) in [5, 5.41) is 11.4. The van der Waals surface area contributed by atoms with E-state index in [0.29, 0.717) is 5.54 Å². The number of rotatable bonds is 6. The van der Waals surface area contributed by atoms with Crippen molar-refractivity contribution in [2.24, 2.45) is 0 Å². The molecule has 23 heavy (non-hydrogen) atoms. The Hall–Kier alpha value is -1.72. The molecule has 0 unspecified atom stereocenters. The summed E-state index contributed by atoms with van der Waals surface area (Å²) in [6.45, 7) is 2.08. The van der Waals surface area contributed by atoms with E-state index < -0.39 is 0 Å². The molecule has 1 saturated carbocycles. The zero-order valence-electron chi connectivity index (χ0n) is 14.3. The van der Waals surface area contributed by atoms with Crippen molar-refractivity contribution in [3.05, 3.63) is 42.2 Å². The van der Waals surface area contributed by atoms with Crippen LogP contribution in [0.1, 0.15) is 37.8 Å². The van der Waals surface area contributed by atoms with Crippen LogP contribution in [-0.4, -0.2) is 41.2 Å². The maximum absolute atomic E-state index is 4.60. The van der Waals surface area contributed by atoms with Gasteiger partial charge in [-0.25, -0.2) is 0 Å². The molecular formula is C18H29N5+2. The number of nitrogens with zero attached hydrogens (tertiary/aromatic N) is 3. The first-order valence-electron chi connectivity index (χ1n) is 8.79. The van der Waals surface area contributed by atoms with Gasteiger partial charge >= 0.3 is 0 Å². The number of aromatic nitrogens is 3. The second kappa shape index (κ2) is 7.23. The van der Waals surface area contributed by atoms with Crippen molar-refractivity contribution in [2.75, 3.05) is 20.6 Å². The molecule has 0 spiro atoms. The lowest BCUT2D eigenvalue weighted by atomic mass is 9.80. The average molecular weight is 315 g/mol. The van der Waals surface area contributed by atoms with Crippen LogP contribution in [0.4, 0.5) is 0 Å². The highest BCUT2D eigenvalue weighted by atomic mass is 15.5. The molecule has 0 saturated heterocycles. The fourth-order valence-corrected chi connectivity index (χ4v) is 3.71. The molecule has 0 bridgehead atoms. The zero-order chi connectivity index (χ0) is 16.1. The number of hydrogen-bond acceptors (Lipinski definition) is 2. The minimum atomic E-state index is 0.438. The van der Waals surface area contributed by atoms with E-state index in [9.17, 15) is 0 Å². The van der Waals surface area contributed by atoms with E-state index in [1.807, 2.05) is 36.5 Å². The third kappa shape index (κ3) is 3.79. The minimum Gasteiger partial charge on any atom is -0.336 e. The number of para-hydroxylation sites is 1. The van der Waals surface area contributed by atoms with Gasteiger partial charge < -0.3 is 10.2 Å². The van der Waals surface area contributed by atoms with Crippen molar-refractivity contribution in [1.29, 1.82) is 0 Å². The maximum Gasteiger partial charge on any atom is 0.146 e. The molecule has 1 aliphatic rings. The van der Waals surface area contributed by atoms with Gasteiger partial charge in [-0.05, 0) is 25.0 Å². The molecule has 1 heterocycles. The minimum absolute atomic E-state index is 0.438. The molecule has 0 amide bonds. The molecule has 3 N–H and O–H groups in total. The highest BCUT2D eigenvalue weighted by Crippen LogP contribution is 2.24. The molecule has 5 heteroatoms. The van der Waals surface area contributed by atoms with Crippen LogP contribution in [0.2, 0.25) is 0 Å². The van der Waals surface area contributed by atoms with Gasteiger partial charge in [0.05, 0.1) is 26.0 Å². The van der Waals surface area contributed by atoms with Gasteiger partial charge in [-0.1, -0.05) is 24.6 Å². The largest absolute Gasteiger partial charge is 0.336 e. The van der Waals surface area contributed by atoms with E-state index in [1.165, 1.54) is 38.6 Å². The Labute approximate surface area is 138 Å². The summed E-state index contributed by atoms with van der Waals surface area (Å²) >= 11 is 0. The summed E-state index contributed by atoms with van der Waals surface area (Å²) in [5.74, 6) is 0. The van der Waals surface area contributed by atoms with Crippen molar-refractivity contribution in [3.8, 4) is 5.69 Å². The zero-order valence-corrected chi connectivity index (χ0v) is 14.3. The SMILES string of the molecule is C[NH+](C)C1(C[NH2+]Cc2cnn(-c3ccccc3)n2)CCCCC1. The Morgan fingerprint density at radius 3 is 2.57 bits per heavy atom. The monoisotopic (exact) mass is 315 g/mol. The van der Waals surface area contributed by atoms with Gasteiger partial charge in [0, 0.05) is 12.8 Å². The Balaban J connectivity index is 1.57. The number of benzene rings is 1. The van der Waals surface area contributed by atoms with E-state index in [-0.39, 0.29) is 0 Å². The quantitative estimate of drug-likeness (QED) is 0.799. The fraction of sp³-hybridized carbons (Fsp3) is 0.556. The molecule has 2 aromatic rings. The van der Waals surface area contributed by atoms with E-state index in [4.69, 9.17) is 0 Å². The summed E-state index contributed by atoms with van der Waals surface area (Å²) < 4.78 is 0. The Kier molecular flexibility index (Phi) is 5.08. The Bertz CT molecular complexity index is 599. The second-order valence-corrected chi connectivity index (χ2v) is 7.00. The number of quaternary nitrogens is 2. The smallest absolute Gasteiger partial charge is 0.146 e. The summed E-state index contributed by atoms with van der Waals surface area (Å²) in [6, 6.07) is 10.1. The van der Waals surface area contributed by atoms with Crippen molar-refractivity contribution < 1.29 is 10.2 Å². The lowest BCUT2D eigenvalue weighted by Gasteiger charge is -2.38. The third-order valence-electron chi connectivity index (χ3n) is 5.29. The first-order chi connectivity index (χ1) is 11.2. The van der Waals surface area contributed by atoms with Crippen molar-refractivity contribution in [3.63, 3.8) is 0 Å². The molecule has 124 valence electrons. The molecule has 5 nitrogen and oxygen atoms in total. The van der Waals surface area contributed by atoms with Crippen LogP contribution < -0.4 is 10.2 Å². The molecule has 1 aromatic carbocycles. The van der Waals surface area contributed by atoms with E-state index in [1.54, 1.807) is 9.70 Å². The van der Waals surface area contributed by atoms with Gasteiger partial charge in [0.25, 0.3) is 0 Å². The van der Waals surface area contributed by atoms with Crippen molar-refractivity contribution in [2.45, 2.75) is 44.2 Å². The Morgan fingerprint density at radius 1 is 1.13 bits per heavy atom. The molecule has 3 rings (SSSR count). The average Bonchev–Trinajstić information content (AvgIpc) is 3.05. The molecular weight excluding hydrogens is 286 g/mol. The maximum atomic E-state index is 4.60. The van der Waals surface area contributed by atoms with Gasteiger partial charge in [0.2, 0.25) is 0 Å². The summed E-state index contributed by atoms with van der Waals surface area (Å²) in [6.07, 6.45) is 8.75. The molecule has 1 aromatic heterocycles. The van der Waals surface area contributed by atoms with Gasteiger partial charge in [0.15, 0.2) is 0 Å². The number of likely N-dealkylation sites (N-methyl/N-ethyl adjacent to an activating group) is 1. The van der Waals surface area contributed by atoms with Gasteiger partial charge in [-0.3, -0.25) is 0 Å². The lowest BCUT2D eigenvalue weighted by molar-refractivity contribution is -0.935. The first kappa shape index (κ1) is 16.1. The van der Waals surface area contributed by atoms with Gasteiger partial charge in [-0.15, -0.1) is 5.10 Å². The normalized spacial score (nSPS) is 17.5. The molecule has 0 atom stereocenters. The molecule has 1 aliphatic carbocycles. The predicted molar refractivity (Wildman–Crippen MR) is 90.5 cm³/mol. The first-order valence-corrected chi connectivity index (χ1v) is 8.79. The standard InChI is InChI=1S/C18H27N5/c1-22(2)18(11-7-4-8-12-18)15-19-13-16-14-20-23(21-16)17-9-5-3-6-10-17/h3,5-6,9-10,14,19H,4,7-8,11-13,15H2,1-2H3/p+2. The van der Waals surface area contributed by atoms with Crippen LogP contribution in [0.25, 0.3) is 5.69 Å². The molecule has 0 aliphatic heterocycles. The topological polar surface area (TPSA) is 51.8 Å². The van der Waals surface area contributed by atoms with Gasteiger partial charge in [0.1, 0.15) is 24.3 Å². The summed E-state index contributed by atoms with van der Waals surface area (Å²) in [4.78, 5) is 3.32. The van der Waals surface area contributed by atoms with Crippen LogP contribution >= 0.6 is 0 Å². The van der Waals surface area contributed by atoms with Crippen molar-refractivity contribution >= 4 is 0 Å². The van der Waals surface area contributed by atoms with E-state index in [0.717, 1.165) is 17.9 Å².